The second kappa shape index (κ2) is 3.74. The van der Waals surface area contributed by atoms with Crippen LogP contribution >= 0.6 is 0 Å². The normalized spacial score (nSPS) is 10.9. The summed E-state index contributed by atoms with van der Waals surface area (Å²) in [7, 11) is 2.07. The first kappa shape index (κ1) is 10.1. The summed E-state index contributed by atoms with van der Waals surface area (Å²) in [6.07, 6.45) is 3.94. The number of rotatable bonds is 1. The Balaban J connectivity index is 2.20. The van der Waals surface area contributed by atoms with Crippen molar-refractivity contribution >= 4 is 10.9 Å². The second-order valence-electron chi connectivity index (χ2n) is 4.42. The van der Waals surface area contributed by atoms with Crippen molar-refractivity contribution < 1.29 is 0 Å². The molecular formula is C15H14N2. The summed E-state index contributed by atoms with van der Waals surface area (Å²) >= 11 is 0. The molecule has 3 rings (SSSR count). The maximum Gasteiger partial charge on any atom is 0.0705 e. The quantitative estimate of drug-likeness (QED) is 0.615. The van der Waals surface area contributed by atoms with Crippen LogP contribution in [0.25, 0.3) is 22.2 Å². The van der Waals surface area contributed by atoms with E-state index in [2.05, 4.69) is 60.1 Å². The fourth-order valence-electron chi connectivity index (χ4n) is 2.12. The summed E-state index contributed by atoms with van der Waals surface area (Å²) < 4.78 is 2.13. The molecule has 0 aliphatic heterocycles. The van der Waals surface area contributed by atoms with E-state index in [1.54, 1.807) is 0 Å². The molecule has 17 heavy (non-hydrogen) atoms. The van der Waals surface area contributed by atoms with Gasteiger partial charge in [0.15, 0.2) is 0 Å². The monoisotopic (exact) mass is 222 g/mol. The van der Waals surface area contributed by atoms with Crippen LogP contribution in [0.1, 0.15) is 5.56 Å². The van der Waals surface area contributed by atoms with E-state index in [9.17, 15) is 0 Å². The van der Waals surface area contributed by atoms with Gasteiger partial charge in [0.05, 0.1) is 5.69 Å². The molecule has 0 aliphatic rings. The zero-order valence-corrected chi connectivity index (χ0v) is 10.0. The Kier molecular flexibility index (Phi) is 2.22. The van der Waals surface area contributed by atoms with Crippen LogP contribution in [0.3, 0.4) is 0 Å². The zero-order valence-electron chi connectivity index (χ0n) is 10.0. The molecule has 2 nitrogen and oxygen atoms in total. The van der Waals surface area contributed by atoms with Gasteiger partial charge in [-0.05, 0) is 42.1 Å². The fourth-order valence-corrected chi connectivity index (χ4v) is 2.12. The molecule has 2 heterocycles. The highest BCUT2D eigenvalue weighted by Crippen LogP contribution is 2.23. The van der Waals surface area contributed by atoms with Crippen LogP contribution in [0, 0.1) is 6.92 Å². The van der Waals surface area contributed by atoms with Crippen molar-refractivity contribution in [3.05, 3.63) is 54.4 Å². The maximum atomic E-state index is 4.42. The van der Waals surface area contributed by atoms with Crippen molar-refractivity contribution in [2.45, 2.75) is 6.92 Å². The van der Waals surface area contributed by atoms with Crippen molar-refractivity contribution in [3.8, 4) is 11.3 Å². The summed E-state index contributed by atoms with van der Waals surface area (Å²) in [4.78, 5) is 4.42. The fraction of sp³-hybridized carbons (Fsp3) is 0.133. The van der Waals surface area contributed by atoms with Crippen LogP contribution in [0.15, 0.2) is 48.8 Å². The molecule has 0 spiro atoms. The molecule has 2 aromatic heterocycles. The van der Waals surface area contributed by atoms with E-state index in [0.717, 1.165) is 5.69 Å². The lowest BCUT2D eigenvalue weighted by Crippen LogP contribution is -1.87. The maximum absolute atomic E-state index is 4.42. The van der Waals surface area contributed by atoms with Crippen molar-refractivity contribution in [3.63, 3.8) is 0 Å². The van der Waals surface area contributed by atoms with Crippen LogP contribution in [0.2, 0.25) is 0 Å². The number of pyridine rings is 1. The predicted octanol–water partition coefficient (Wildman–Crippen LogP) is 3.55. The van der Waals surface area contributed by atoms with E-state index in [1.807, 2.05) is 12.3 Å². The van der Waals surface area contributed by atoms with E-state index in [4.69, 9.17) is 0 Å². The van der Waals surface area contributed by atoms with Crippen molar-refractivity contribution in [1.29, 1.82) is 0 Å². The summed E-state index contributed by atoms with van der Waals surface area (Å²) in [5, 5.41) is 1.27. The van der Waals surface area contributed by atoms with Crippen molar-refractivity contribution in [1.82, 2.24) is 9.55 Å². The van der Waals surface area contributed by atoms with Gasteiger partial charge in [0.1, 0.15) is 0 Å². The third-order valence-corrected chi connectivity index (χ3v) is 3.10. The van der Waals surface area contributed by atoms with Crippen LogP contribution in [0.5, 0.6) is 0 Å². The Morgan fingerprint density at radius 2 is 1.94 bits per heavy atom. The molecule has 0 unspecified atom stereocenters. The Bertz CT molecular complexity index is 680. The van der Waals surface area contributed by atoms with Gasteiger partial charge in [-0.1, -0.05) is 12.1 Å². The van der Waals surface area contributed by atoms with Gasteiger partial charge in [-0.15, -0.1) is 0 Å². The number of benzene rings is 1. The van der Waals surface area contributed by atoms with E-state index < -0.39 is 0 Å². The van der Waals surface area contributed by atoms with E-state index in [0.29, 0.717) is 0 Å². The van der Waals surface area contributed by atoms with Gasteiger partial charge in [0.25, 0.3) is 0 Å². The van der Waals surface area contributed by atoms with Gasteiger partial charge in [0, 0.05) is 30.5 Å². The molecule has 3 aromatic rings. The summed E-state index contributed by atoms with van der Waals surface area (Å²) in [5.41, 5.74) is 4.68. The van der Waals surface area contributed by atoms with Crippen LogP contribution in [-0.2, 0) is 7.05 Å². The Morgan fingerprint density at radius 1 is 1.06 bits per heavy atom. The standard InChI is InChI=1S/C15H14N2/c1-11-5-7-16-14(9-11)13-4-3-12-6-8-17(2)15(12)10-13/h3-10H,1-2H3. The number of nitrogens with zero attached hydrogens (tertiary/aromatic N) is 2. The number of aryl methyl sites for hydroxylation is 2. The molecule has 0 bridgehead atoms. The number of aromatic nitrogens is 2. The van der Waals surface area contributed by atoms with Gasteiger partial charge < -0.3 is 4.57 Å². The molecule has 0 amide bonds. The van der Waals surface area contributed by atoms with E-state index in [1.165, 1.54) is 22.0 Å². The van der Waals surface area contributed by atoms with Crippen molar-refractivity contribution in [2.24, 2.45) is 7.05 Å². The predicted molar refractivity (Wildman–Crippen MR) is 70.9 cm³/mol. The molecule has 0 aliphatic carbocycles. The van der Waals surface area contributed by atoms with Crippen LogP contribution in [-0.4, -0.2) is 9.55 Å². The average Bonchev–Trinajstić information content (AvgIpc) is 2.71. The Hall–Kier alpha value is -2.09. The molecule has 0 atom stereocenters. The highest BCUT2D eigenvalue weighted by molar-refractivity contribution is 5.84. The number of hydrogen-bond acceptors (Lipinski definition) is 1. The van der Waals surface area contributed by atoms with Crippen LogP contribution < -0.4 is 0 Å². The first-order chi connectivity index (χ1) is 8.24. The molecule has 84 valence electrons. The van der Waals surface area contributed by atoms with Crippen LogP contribution in [0.4, 0.5) is 0 Å². The first-order valence-corrected chi connectivity index (χ1v) is 5.72. The SMILES string of the molecule is Cc1ccnc(-c2ccc3ccn(C)c3c2)c1. The Labute approximate surface area is 101 Å². The van der Waals surface area contributed by atoms with Gasteiger partial charge >= 0.3 is 0 Å². The van der Waals surface area contributed by atoms with Gasteiger partial charge in [-0.25, -0.2) is 0 Å². The number of hydrogen-bond donors (Lipinski definition) is 0. The topological polar surface area (TPSA) is 17.8 Å². The molecule has 0 fully saturated rings. The van der Waals surface area contributed by atoms with E-state index in [-0.39, 0.29) is 0 Å². The second-order valence-corrected chi connectivity index (χ2v) is 4.42. The van der Waals surface area contributed by atoms with Gasteiger partial charge in [-0.2, -0.15) is 0 Å². The molecule has 0 N–H and O–H groups in total. The lowest BCUT2D eigenvalue weighted by atomic mass is 10.1. The summed E-state index contributed by atoms with van der Waals surface area (Å²) in [5.74, 6) is 0. The molecular weight excluding hydrogens is 208 g/mol. The highest BCUT2D eigenvalue weighted by Gasteiger charge is 2.03. The lowest BCUT2D eigenvalue weighted by molar-refractivity contribution is 0.969. The largest absolute Gasteiger partial charge is 0.351 e. The third-order valence-electron chi connectivity index (χ3n) is 3.10. The van der Waals surface area contributed by atoms with Gasteiger partial charge in [-0.3, -0.25) is 4.98 Å². The highest BCUT2D eigenvalue weighted by atomic mass is 14.9. The molecule has 0 radical (unpaired) electrons. The minimum absolute atomic E-state index is 1.04. The molecule has 0 saturated carbocycles. The van der Waals surface area contributed by atoms with E-state index >= 15 is 0 Å². The summed E-state index contributed by atoms with van der Waals surface area (Å²) in [6, 6.07) is 12.7. The lowest BCUT2D eigenvalue weighted by Gasteiger charge is -2.03. The molecule has 2 heteroatoms. The third kappa shape index (κ3) is 1.72. The number of fused-ring (bicyclic) bond motifs is 1. The Morgan fingerprint density at radius 3 is 2.76 bits per heavy atom. The molecule has 0 saturated heterocycles. The summed E-state index contributed by atoms with van der Waals surface area (Å²) in [6.45, 7) is 2.09. The zero-order chi connectivity index (χ0) is 11.8. The molecule has 1 aromatic carbocycles. The van der Waals surface area contributed by atoms with Gasteiger partial charge in [0.2, 0.25) is 0 Å². The minimum Gasteiger partial charge on any atom is -0.351 e. The minimum atomic E-state index is 1.04. The van der Waals surface area contributed by atoms with Crippen molar-refractivity contribution in [2.75, 3.05) is 0 Å². The average molecular weight is 222 g/mol. The smallest absolute Gasteiger partial charge is 0.0705 e. The first-order valence-electron chi connectivity index (χ1n) is 5.72.